The van der Waals surface area contributed by atoms with Gasteiger partial charge < -0.3 is 0 Å². The summed E-state index contributed by atoms with van der Waals surface area (Å²) >= 11 is 5.92. The van der Waals surface area contributed by atoms with Gasteiger partial charge in [-0.15, -0.1) is 11.6 Å². The summed E-state index contributed by atoms with van der Waals surface area (Å²) in [6.07, 6.45) is 0. The lowest BCUT2D eigenvalue weighted by molar-refractivity contribution is 0.597. The van der Waals surface area contributed by atoms with Gasteiger partial charge in [0.05, 0.1) is 0 Å². The van der Waals surface area contributed by atoms with E-state index >= 15 is 0 Å². The van der Waals surface area contributed by atoms with Crippen molar-refractivity contribution in [3.05, 3.63) is 34.9 Å². The van der Waals surface area contributed by atoms with E-state index in [0.717, 1.165) is 0 Å². The topological polar surface area (TPSA) is 0 Å². The summed E-state index contributed by atoms with van der Waals surface area (Å²) in [4.78, 5) is 0. The first kappa shape index (κ1) is 10.6. The molecule has 0 heterocycles. The van der Waals surface area contributed by atoms with Gasteiger partial charge in [-0.05, 0) is 30.5 Å². The van der Waals surface area contributed by atoms with Gasteiger partial charge in [-0.3, -0.25) is 0 Å². The van der Waals surface area contributed by atoms with Crippen LogP contribution < -0.4 is 0 Å². The Hall–Kier alpha value is -0.490. The molecule has 0 saturated carbocycles. The predicted octanol–water partition coefficient (Wildman–Crippen LogP) is 3.82. The molecule has 1 aromatic carbocycles. The Kier molecular flexibility index (Phi) is 3.02. The standard InChI is InChI=1S/C12H17Cl/c1-9-5-6-11(7-10(9)2)12(3,4)8-13/h5-7H,8H2,1-4H3. The zero-order valence-electron chi connectivity index (χ0n) is 8.82. The van der Waals surface area contributed by atoms with E-state index in [0.29, 0.717) is 5.88 Å². The molecule has 0 aliphatic carbocycles. The maximum Gasteiger partial charge on any atom is 0.0315 e. The fraction of sp³-hybridized carbons (Fsp3) is 0.500. The Morgan fingerprint density at radius 2 is 1.77 bits per heavy atom. The largest absolute Gasteiger partial charge is 0.126 e. The lowest BCUT2D eigenvalue weighted by Crippen LogP contribution is -2.19. The van der Waals surface area contributed by atoms with Crippen LogP contribution in [0.3, 0.4) is 0 Å². The van der Waals surface area contributed by atoms with Gasteiger partial charge in [0.25, 0.3) is 0 Å². The summed E-state index contributed by atoms with van der Waals surface area (Å²) in [5.74, 6) is 0.662. The lowest BCUT2D eigenvalue weighted by Gasteiger charge is -2.22. The van der Waals surface area contributed by atoms with Crippen LogP contribution >= 0.6 is 11.6 Å². The molecule has 1 aromatic rings. The predicted molar refractivity (Wildman–Crippen MR) is 59.7 cm³/mol. The van der Waals surface area contributed by atoms with Crippen LogP contribution in [0.1, 0.15) is 30.5 Å². The smallest absolute Gasteiger partial charge is 0.0315 e. The van der Waals surface area contributed by atoms with Crippen LogP contribution in [0.25, 0.3) is 0 Å². The summed E-state index contributed by atoms with van der Waals surface area (Å²) in [7, 11) is 0. The summed E-state index contributed by atoms with van der Waals surface area (Å²) in [6.45, 7) is 8.62. The van der Waals surface area contributed by atoms with E-state index in [1.807, 2.05) is 0 Å². The molecular weight excluding hydrogens is 180 g/mol. The molecule has 0 spiro atoms. The average Bonchev–Trinajstić information content (AvgIpc) is 2.09. The number of benzene rings is 1. The molecule has 0 atom stereocenters. The first-order valence-corrected chi connectivity index (χ1v) is 5.14. The zero-order valence-corrected chi connectivity index (χ0v) is 9.57. The van der Waals surface area contributed by atoms with Gasteiger partial charge in [0.15, 0.2) is 0 Å². The molecule has 0 unspecified atom stereocenters. The third kappa shape index (κ3) is 2.25. The van der Waals surface area contributed by atoms with Gasteiger partial charge in [-0.2, -0.15) is 0 Å². The number of aryl methyl sites for hydroxylation is 2. The van der Waals surface area contributed by atoms with Crippen LogP contribution in [0, 0.1) is 13.8 Å². The molecule has 0 N–H and O–H groups in total. The van der Waals surface area contributed by atoms with Crippen LogP contribution in [0.15, 0.2) is 18.2 Å². The summed E-state index contributed by atoms with van der Waals surface area (Å²) < 4.78 is 0. The van der Waals surface area contributed by atoms with E-state index in [2.05, 4.69) is 45.9 Å². The van der Waals surface area contributed by atoms with E-state index in [1.54, 1.807) is 0 Å². The van der Waals surface area contributed by atoms with Crippen molar-refractivity contribution in [2.75, 3.05) is 5.88 Å². The number of rotatable bonds is 2. The third-order valence-corrected chi connectivity index (χ3v) is 3.29. The molecular formula is C12H17Cl. The van der Waals surface area contributed by atoms with Crippen LogP contribution in [-0.2, 0) is 5.41 Å². The Balaban J connectivity index is 3.10. The molecule has 0 aliphatic heterocycles. The molecule has 72 valence electrons. The monoisotopic (exact) mass is 196 g/mol. The second kappa shape index (κ2) is 3.71. The number of alkyl halides is 1. The van der Waals surface area contributed by atoms with Crippen LogP contribution in [-0.4, -0.2) is 5.88 Å². The maximum absolute atomic E-state index is 5.92. The minimum absolute atomic E-state index is 0.0833. The van der Waals surface area contributed by atoms with E-state index in [4.69, 9.17) is 11.6 Å². The van der Waals surface area contributed by atoms with Gasteiger partial charge in [0.2, 0.25) is 0 Å². The van der Waals surface area contributed by atoms with Crippen molar-refractivity contribution in [1.29, 1.82) is 0 Å². The van der Waals surface area contributed by atoms with Crippen LogP contribution in [0.4, 0.5) is 0 Å². The lowest BCUT2D eigenvalue weighted by atomic mass is 9.85. The molecule has 1 rings (SSSR count). The molecule has 13 heavy (non-hydrogen) atoms. The Bertz CT molecular complexity index is 300. The van der Waals surface area contributed by atoms with E-state index < -0.39 is 0 Å². The van der Waals surface area contributed by atoms with Gasteiger partial charge in [0, 0.05) is 11.3 Å². The SMILES string of the molecule is Cc1ccc(C(C)(C)CCl)cc1C. The van der Waals surface area contributed by atoms with Gasteiger partial charge >= 0.3 is 0 Å². The summed E-state index contributed by atoms with van der Waals surface area (Å²) in [6, 6.07) is 6.57. The second-order valence-electron chi connectivity index (χ2n) is 4.32. The molecule has 0 fully saturated rings. The van der Waals surface area contributed by atoms with E-state index in [-0.39, 0.29) is 5.41 Å². The molecule has 0 aromatic heterocycles. The van der Waals surface area contributed by atoms with E-state index in [1.165, 1.54) is 16.7 Å². The first-order chi connectivity index (χ1) is 5.97. The molecule has 0 radical (unpaired) electrons. The van der Waals surface area contributed by atoms with Crippen molar-refractivity contribution in [2.45, 2.75) is 33.1 Å². The quantitative estimate of drug-likeness (QED) is 0.631. The second-order valence-corrected chi connectivity index (χ2v) is 4.58. The number of halogens is 1. The van der Waals surface area contributed by atoms with Crippen molar-refractivity contribution in [3.63, 3.8) is 0 Å². The summed E-state index contributed by atoms with van der Waals surface area (Å²) in [5, 5.41) is 0. The molecule has 0 aliphatic rings. The fourth-order valence-electron chi connectivity index (χ4n) is 1.24. The van der Waals surface area contributed by atoms with E-state index in [9.17, 15) is 0 Å². The summed E-state index contributed by atoms with van der Waals surface area (Å²) in [5.41, 5.74) is 4.09. The first-order valence-electron chi connectivity index (χ1n) is 4.61. The molecule has 0 saturated heterocycles. The number of hydrogen-bond donors (Lipinski definition) is 0. The zero-order chi connectivity index (χ0) is 10.1. The van der Waals surface area contributed by atoms with Crippen LogP contribution in [0.2, 0.25) is 0 Å². The highest BCUT2D eigenvalue weighted by Crippen LogP contribution is 2.26. The Morgan fingerprint density at radius 3 is 2.23 bits per heavy atom. The van der Waals surface area contributed by atoms with Crippen molar-refractivity contribution in [1.82, 2.24) is 0 Å². The number of hydrogen-bond acceptors (Lipinski definition) is 0. The normalized spacial score (nSPS) is 11.8. The van der Waals surface area contributed by atoms with Gasteiger partial charge in [-0.25, -0.2) is 0 Å². The van der Waals surface area contributed by atoms with Gasteiger partial charge in [0.1, 0.15) is 0 Å². The van der Waals surface area contributed by atoms with Crippen molar-refractivity contribution < 1.29 is 0 Å². The molecule has 0 nitrogen and oxygen atoms in total. The molecule has 0 bridgehead atoms. The maximum atomic E-state index is 5.92. The highest BCUT2D eigenvalue weighted by molar-refractivity contribution is 6.18. The Morgan fingerprint density at radius 1 is 1.15 bits per heavy atom. The van der Waals surface area contributed by atoms with Crippen molar-refractivity contribution in [3.8, 4) is 0 Å². The molecule has 0 amide bonds. The van der Waals surface area contributed by atoms with Crippen LogP contribution in [0.5, 0.6) is 0 Å². The van der Waals surface area contributed by atoms with Crippen molar-refractivity contribution in [2.24, 2.45) is 0 Å². The van der Waals surface area contributed by atoms with Gasteiger partial charge in [-0.1, -0.05) is 32.0 Å². The van der Waals surface area contributed by atoms with Crippen molar-refractivity contribution >= 4 is 11.6 Å². The fourth-order valence-corrected chi connectivity index (χ4v) is 1.39. The average molecular weight is 197 g/mol. The highest BCUT2D eigenvalue weighted by Gasteiger charge is 2.19. The highest BCUT2D eigenvalue weighted by atomic mass is 35.5. The minimum atomic E-state index is 0.0833. The molecule has 1 heteroatoms. The minimum Gasteiger partial charge on any atom is -0.126 e. The Labute approximate surface area is 85.9 Å². The third-order valence-electron chi connectivity index (χ3n) is 2.62.